The largest absolute Gasteiger partial charge is 0.481 e. The number of hydrogen-bond acceptors (Lipinski definition) is 7. The minimum Gasteiger partial charge on any atom is -0.481 e. The number of aromatic nitrogens is 3. The summed E-state index contributed by atoms with van der Waals surface area (Å²) in [6.07, 6.45) is -0.580. The quantitative estimate of drug-likeness (QED) is 0.430. The molecule has 34 heavy (non-hydrogen) atoms. The highest BCUT2D eigenvalue weighted by molar-refractivity contribution is 7.15. The third kappa shape index (κ3) is 4.90. The van der Waals surface area contributed by atoms with E-state index in [0.29, 0.717) is 36.4 Å². The molecule has 0 saturated heterocycles. The summed E-state index contributed by atoms with van der Waals surface area (Å²) in [5.74, 6) is -1.03. The summed E-state index contributed by atoms with van der Waals surface area (Å²) in [6, 6.07) is 6.22. The summed E-state index contributed by atoms with van der Waals surface area (Å²) in [5.41, 5.74) is -0.935. The van der Waals surface area contributed by atoms with Gasteiger partial charge < -0.3 is 15.5 Å². The third-order valence-corrected chi connectivity index (χ3v) is 7.40. The first-order valence-corrected chi connectivity index (χ1v) is 11.4. The molecule has 1 aliphatic rings. The van der Waals surface area contributed by atoms with Crippen LogP contribution in [0.2, 0.25) is 0 Å². The lowest BCUT2D eigenvalue weighted by atomic mass is 9.70. The molecule has 0 amide bonds. The predicted molar refractivity (Wildman–Crippen MR) is 121 cm³/mol. The number of halogens is 3. The number of nitrogens with zero attached hydrogens (tertiary/aromatic N) is 3. The summed E-state index contributed by atoms with van der Waals surface area (Å²) in [7, 11) is 0. The molecule has 1 fully saturated rings. The minimum absolute atomic E-state index is 0.172. The number of nitrogens with one attached hydrogen (secondary N) is 1. The van der Waals surface area contributed by atoms with Crippen LogP contribution in [0.1, 0.15) is 48.9 Å². The van der Waals surface area contributed by atoms with Gasteiger partial charge in [-0.1, -0.05) is 6.07 Å². The second-order valence-corrected chi connectivity index (χ2v) is 9.93. The van der Waals surface area contributed by atoms with E-state index in [4.69, 9.17) is 0 Å². The number of carboxylic acid groups (broad SMARTS) is 1. The predicted octanol–water partition coefficient (Wildman–Crippen LogP) is 5.52. The molecule has 2 heterocycles. The fraction of sp³-hybridized carbons (Fsp3) is 0.391. The van der Waals surface area contributed by atoms with Crippen molar-refractivity contribution in [1.82, 2.24) is 15.0 Å². The van der Waals surface area contributed by atoms with Crippen molar-refractivity contribution in [2.45, 2.75) is 51.3 Å². The van der Waals surface area contributed by atoms with Crippen molar-refractivity contribution in [3.8, 4) is 10.4 Å². The van der Waals surface area contributed by atoms with Gasteiger partial charge in [0.25, 0.3) is 0 Å². The second-order valence-electron chi connectivity index (χ2n) is 8.90. The highest BCUT2D eigenvalue weighted by Crippen LogP contribution is 2.47. The number of carboxylic acids is 1. The summed E-state index contributed by atoms with van der Waals surface area (Å²) in [6.45, 7) is 3.54. The lowest BCUT2D eigenvalue weighted by Gasteiger charge is -2.38. The van der Waals surface area contributed by atoms with E-state index in [2.05, 4.69) is 20.3 Å². The Bertz CT molecular complexity index is 1220. The fourth-order valence-corrected chi connectivity index (χ4v) is 5.02. The lowest BCUT2D eigenvalue weighted by molar-refractivity contribution is -0.153. The fourth-order valence-electron chi connectivity index (χ4n) is 3.97. The zero-order valence-corrected chi connectivity index (χ0v) is 19.3. The number of aliphatic carboxylic acids is 1. The SMILES string of the molecule is Cc1cc(Nc2nccc(C(F)(F)F)n2)cc(-c2cnc([C@]3(O)CC[C@@](C)(C(=O)O)CC3)s2)c1. The molecule has 180 valence electrons. The number of hydrogen-bond donors (Lipinski definition) is 3. The number of rotatable bonds is 5. The summed E-state index contributed by atoms with van der Waals surface area (Å²) in [4.78, 5) is 24.1. The van der Waals surface area contributed by atoms with Crippen molar-refractivity contribution < 1.29 is 28.2 Å². The van der Waals surface area contributed by atoms with E-state index in [1.54, 1.807) is 25.3 Å². The van der Waals surface area contributed by atoms with Crippen LogP contribution in [0.25, 0.3) is 10.4 Å². The van der Waals surface area contributed by atoms with Crippen LogP contribution in [0.4, 0.5) is 24.8 Å². The van der Waals surface area contributed by atoms with Crippen molar-refractivity contribution in [1.29, 1.82) is 0 Å². The molecule has 1 aromatic carbocycles. The monoisotopic (exact) mass is 492 g/mol. The Balaban J connectivity index is 1.56. The van der Waals surface area contributed by atoms with Gasteiger partial charge in [0.1, 0.15) is 16.3 Å². The van der Waals surface area contributed by atoms with Crippen LogP contribution in [0.5, 0.6) is 0 Å². The Morgan fingerprint density at radius 3 is 2.50 bits per heavy atom. The van der Waals surface area contributed by atoms with Gasteiger partial charge in [-0.2, -0.15) is 13.2 Å². The smallest absolute Gasteiger partial charge is 0.433 e. The number of aliphatic hydroxyl groups is 1. The third-order valence-electron chi connectivity index (χ3n) is 6.16. The van der Waals surface area contributed by atoms with Crippen LogP contribution in [0, 0.1) is 12.3 Å². The van der Waals surface area contributed by atoms with E-state index in [1.807, 2.05) is 13.0 Å². The average Bonchev–Trinajstić information content (AvgIpc) is 3.26. The Morgan fingerprint density at radius 2 is 1.85 bits per heavy atom. The molecule has 4 rings (SSSR count). The molecular weight excluding hydrogens is 469 g/mol. The highest BCUT2D eigenvalue weighted by atomic mass is 32.1. The number of anilines is 2. The Hall–Kier alpha value is -3.05. The first-order chi connectivity index (χ1) is 15.9. The number of thiazole rings is 1. The van der Waals surface area contributed by atoms with Gasteiger partial charge in [-0.25, -0.2) is 15.0 Å². The zero-order chi connectivity index (χ0) is 24.7. The van der Waals surface area contributed by atoms with Gasteiger partial charge in [0, 0.05) is 18.1 Å². The molecule has 1 aliphatic carbocycles. The molecule has 3 aromatic rings. The number of aryl methyl sites for hydroxylation is 1. The van der Waals surface area contributed by atoms with Crippen LogP contribution in [-0.2, 0) is 16.6 Å². The molecule has 0 spiro atoms. The van der Waals surface area contributed by atoms with Gasteiger partial charge in [-0.3, -0.25) is 4.79 Å². The van der Waals surface area contributed by atoms with Crippen LogP contribution in [-0.4, -0.2) is 31.1 Å². The number of alkyl halides is 3. The molecule has 1 saturated carbocycles. The van der Waals surface area contributed by atoms with Crippen LogP contribution >= 0.6 is 11.3 Å². The Labute approximate surface area is 197 Å². The van der Waals surface area contributed by atoms with E-state index in [9.17, 15) is 28.2 Å². The molecule has 7 nitrogen and oxygen atoms in total. The maximum Gasteiger partial charge on any atom is 0.433 e. The molecular formula is C23H23F3N4O3S. The topological polar surface area (TPSA) is 108 Å². The minimum atomic E-state index is -4.57. The second kappa shape index (κ2) is 8.62. The normalized spacial score (nSPS) is 23.0. The Kier molecular flexibility index (Phi) is 6.11. The van der Waals surface area contributed by atoms with E-state index in [0.717, 1.165) is 28.3 Å². The van der Waals surface area contributed by atoms with Crippen LogP contribution in [0.15, 0.2) is 36.7 Å². The first-order valence-electron chi connectivity index (χ1n) is 10.6. The van der Waals surface area contributed by atoms with Crippen LogP contribution in [0.3, 0.4) is 0 Å². The van der Waals surface area contributed by atoms with E-state index in [-0.39, 0.29) is 5.95 Å². The Morgan fingerprint density at radius 1 is 1.15 bits per heavy atom. The van der Waals surface area contributed by atoms with E-state index in [1.165, 1.54) is 11.3 Å². The van der Waals surface area contributed by atoms with Gasteiger partial charge in [0.05, 0.1) is 10.3 Å². The van der Waals surface area contributed by atoms with Crippen molar-refractivity contribution in [3.63, 3.8) is 0 Å². The molecule has 0 atom stereocenters. The van der Waals surface area contributed by atoms with Gasteiger partial charge in [0.15, 0.2) is 0 Å². The van der Waals surface area contributed by atoms with Crippen molar-refractivity contribution in [2.75, 3.05) is 5.32 Å². The average molecular weight is 493 g/mol. The van der Waals surface area contributed by atoms with Gasteiger partial charge in [-0.15, -0.1) is 11.3 Å². The van der Waals surface area contributed by atoms with Crippen LogP contribution < -0.4 is 5.32 Å². The van der Waals surface area contributed by atoms with E-state index < -0.39 is 28.9 Å². The van der Waals surface area contributed by atoms with Gasteiger partial charge in [0.2, 0.25) is 5.95 Å². The maximum absolute atomic E-state index is 13.0. The molecule has 0 radical (unpaired) electrons. The zero-order valence-electron chi connectivity index (χ0n) is 18.5. The first kappa shape index (κ1) is 24.1. The molecule has 0 aliphatic heterocycles. The summed E-state index contributed by atoms with van der Waals surface area (Å²) < 4.78 is 38.9. The molecule has 2 aromatic heterocycles. The molecule has 0 bridgehead atoms. The molecule has 3 N–H and O–H groups in total. The van der Waals surface area contributed by atoms with Crippen molar-refractivity contribution in [3.05, 3.63) is 52.9 Å². The molecule has 11 heteroatoms. The molecule has 0 unspecified atom stereocenters. The summed E-state index contributed by atoms with van der Waals surface area (Å²) in [5, 5.41) is 23.9. The van der Waals surface area contributed by atoms with Gasteiger partial charge in [-0.05, 0) is 68.9 Å². The van der Waals surface area contributed by atoms with Crippen molar-refractivity contribution in [2.24, 2.45) is 5.41 Å². The van der Waals surface area contributed by atoms with E-state index >= 15 is 0 Å². The van der Waals surface area contributed by atoms with Crippen molar-refractivity contribution >= 4 is 28.9 Å². The number of benzene rings is 1. The summed E-state index contributed by atoms with van der Waals surface area (Å²) >= 11 is 1.31. The highest BCUT2D eigenvalue weighted by Gasteiger charge is 2.45. The van der Waals surface area contributed by atoms with Gasteiger partial charge >= 0.3 is 12.1 Å². The number of carbonyl (C=O) groups is 1. The standard InChI is InChI=1S/C23H23F3N4O3S/c1-13-9-14(11-15(10-13)29-20-27-8-3-17(30-20)23(24,25)26)16-12-28-18(34-16)22(33)6-4-21(2,5-7-22)19(31)32/h3,8-12,33H,4-7H2,1-2H3,(H,31,32)(H,27,29,30)/t21-,22+. The lowest BCUT2D eigenvalue weighted by Crippen LogP contribution is -2.39. The maximum atomic E-state index is 13.0.